The third-order valence-electron chi connectivity index (χ3n) is 3.20. The lowest BCUT2D eigenvalue weighted by molar-refractivity contribution is 0.0673. The SMILES string of the molecule is I.NC(=NCC1(CO)CC1)N1CCOCC1. The van der Waals surface area contributed by atoms with Crippen molar-refractivity contribution in [2.24, 2.45) is 16.1 Å². The summed E-state index contributed by atoms with van der Waals surface area (Å²) in [6, 6.07) is 0. The van der Waals surface area contributed by atoms with Crippen LogP contribution in [-0.2, 0) is 4.74 Å². The molecular formula is C10H20IN3O2. The number of hydrogen-bond donors (Lipinski definition) is 2. The second-order valence-electron chi connectivity index (χ2n) is 4.43. The fourth-order valence-corrected chi connectivity index (χ4v) is 1.68. The highest BCUT2D eigenvalue weighted by Gasteiger charge is 2.41. The van der Waals surface area contributed by atoms with Gasteiger partial charge >= 0.3 is 0 Å². The fourth-order valence-electron chi connectivity index (χ4n) is 1.68. The van der Waals surface area contributed by atoms with Crippen LogP contribution in [-0.4, -0.2) is 55.4 Å². The maximum absolute atomic E-state index is 9.14. The molecule has 5 nitrogen and oxygen atoms in total. The molecule has 0 bridgehead atoms. The van der Waals surface area contributed by atoms with Crippen LogP contribution in [0.2, 0.25) is 0 Å². The molecule has 0 atom stereocenters. The summed E-state index contributed by atoms with van der Waals surface area (Å²) in [7, 11) is 0. The molecule has 0 aromatic carbocycles. The van der Waals surface area contributed by atoms with Gasteiger partial charge in [-0.1, -0.05) is 0 Å². The molecule has 3 N–H and O–H groups in total. The predicted molar refractivity (Wildman–Crippen MR) is 73.0 cm³/mol. The highest BCUT2D eigenvalue weighted by molar-refractivity contribution is 14.0. The maximum Gasteiger partial charge on any atom is 0.191 e. The Morgan fingerprint density at radius 2 is 2.00 bits per heavy atom. The highest BCUT2D eigenvalue weighted by Crippen LogP contribution is 2.45. The van der Waals surface area contributed by atoms with Crippen molar-refractivity contribution in [3.63, 3.8) is 0 Å². The van der Waals surface area contributed by atoms with Crippen LogP contribution >= 0.6 is 24.0 Å². The molecule has 1 saturated heterocycles. The summed E-state index contributed by atoms with van der Waals surface area (Å²) in [5.74, 6) is 0.595. The summed E-state index contributed by atoms with van der Waals surface area (Å²) < 4.78 is 5.24. The van der Waals surface area contributed by atoms with Crippen LogP contribution in [0.5, 0.6) is 0 Å². The van der Waals surface area contributed by atoms with Gasteiger partial charge in [0.1, 0.15) is 0 Å². The smallest absolute Gasteiger partial charge is 0.191 e. The second-order valence-corrected chi connectivity index (χ2v) is 4.43. The molecule has 94 valence electrons. The maximum atomic E-state index is 9.14. The normalized spacial score (nSPS) is 23.8. The van der Waals surface area contributed by atoms with E-state index in [-0.39, 0.29) is 36.0 Å². The zero-order valence-corrected chi connectivity index (χ0v) is 11.7. The molecule has 2 rings (SSSR count). The number of aliphatic hydroxyl groups is 1. The molecule has 6 heteroatoms. The van der Waals surface area contributed by atoms with Crippen molar-refractivity contribution in [1.82, 2.24) is 4.90 Å². The van der Waals surface area contributed by atoms with E-state index in [0.29, 0.717) is 12.5 Å². The molecule has 0 radical (unpaired) electrons. The molecule has 1 heterocycles. The first-order valence-corrected chi connectivity index (χ1v) is 5.49. The van der Waals surface area contributed by atoms with Crippen molar-refractivity contribution in [3.8, 4) is 0 Å². The molecular weight excluding hydrogens is 321 g/mol. The molecule has 0 unspecified atom stereocenters. The Morgan fingerprint density at radius 3 is 2.50 bits per heavy atom. The number of rotatable bonds is 3. The van der Waals surface area contributed by atoms with E-state index in [1.807, 2.05) is 4.90 Å². The van der Waals surface area contributed by atoms with Crippen LogP contribution in [0.3, 0.4) is 0 Å². The summed E-state index contributed by atoms with van der Waals surface area (Å²) >= 11 is 0. The van der Waals surface area contributed by atoms with Gasteiger partial charge < -0.3 is 20.5 Å². The first kappa shape index (κ1) is 14.0. The van der Waals surface area contributed by atoms with E-state index in [4.69, 9.17) is 15.6 Å². The summed E-state index contributed by atoms with van der Waals surface area (Å²) in [6.45, 7) is 3.98. The lowest BCUT2D eigenvalue weighted by Gasteiger charge is -2.27. The number of nitrogens with two attached hydrogens (primary N) is 1. The van der Waals surface area contributed by atoms with E-state index in [1.165, 1.54) is 0 Å². The lowest BCUT2D eigenvalue weighted by atomic mass is 10.1. The minimum atomic E-state index is 0. The molecule has 1 saturated carbocycles. The largest absolute Gasteiger partial charge is 0.396 e. The number of morpholine rings is 1. The molecule has 2 aliphatic rings. The fraction of sp³-hybridized carbons (Fsp3) is 0.900. The molecule has 0 aromatic heterocycles. The number of guanidine groups is 1. The van der Waals surface area contributed by atoms with E-state index in [2.05, 4.69) is 4.99 Å². The van der Waals surface area contributed by atoms with E-state index < -0.39 is 0 Å². The van der Waals surface area contributed by atoms with Crippen LogP contribution < -0.4 is 5.73 Å². The van der Waals surface area contributed by atoms with Gasteiger partial charge in [0.15, 0.2) is 5.96 Å². The molecule has 16 heavy (non-hydrogen) atoms. The average molecular weight is 341 g/mol. The minimum absolute atomic E-state index is 0. The monoisotopic (exact) mass is 341 g/mol. The topological polar surface area (TPSA) is 71.1 Å². The lowest BCUT2D eigenvalue weighted by Crippen LogP contribution is -2.45. The zero-order valence-electron chi connectivity index (χ0n) is 9.39. The average Bonchev–Trinajstić information content (AvgIpc) is 3.08. The van der Waals surface area contributed by atoms with E-state index in [1.54, 1.807) is 0 Å². The van der Waals surface area contributed by atoms with Crippen LogP contribution in [0.25, 0.3) is 0 Å². The van der Waals surface area contributed by atoms with E-state index in [0.717, 1.165) is 39.1 Å². The van der Waals surface area contributed by atoms with Crippen molar-refractivity contribution < 1.29 is 9.84 Å². The Balaban J connectivity index is 0.00000128. The number of halogens is 1. The van der Waals surface area contributed by atoms with Crippen molar-refractivity contribution >= 4 is 29.9 Å². The molecule has 1 aliphatic heterocycles. The third-order valence-corrected chi connectivity index (χ3v) is 3.20. The highest BCUT2D eigenvalue weighted by atomic mass is 127. The van der Waals surface area contributed by atoms with Crippen LogP contribution in [0.15, 0.2) is 4.99 Å². The molecule has 0 spiro atoms. The Bertz CT molecular complexity index is 250. The molecule has 0 amide bonds. The number of ether oxygens (including phenoxy) is 1. The third kappa shape index (κ3) is 3.46. The summed E-state index contributed by atoms with van der Waals surface area (Å²) in [5, 5.41) is 9.14. The second kappa shape index (κ2) is 6.02. The standard InChI is InChI=1S/C10H19N3O2.HI/c11-9(13-3-5-15-6-4-13)12-7-10(8-14)1-2-10;/h14H,1-8H2,(H2,11,12);1H. The van der Waals surface area contributed by atoms with E-state index >= 15 is 0 Å². The van der Waals surface area contributed by atoms with E-state index in [9.17, 15) is 0 Å². The van der Waals surface area contributed by atoms with Crippen LogP contribution in [0.4, 0.5) is 0 Å². The van der Waals surface area contributed by atoms with Crippen molar-refractivity contribution in [2.45, 2.75) is 12.8 Å². The predicted octanol–water partition coefficient (Wildman–Crippen LogP) is 0.0238. The summed E-state index contributed by atoms with van der Waals surface area (Å²) in [6.07, 6.45) is 2.15. The minimum Gasteiger partial charge on any atom is -0.396 e. The number of nitrogens with zero attached hydrogens (tertiary/aromatic N) is 2. The van der Waals surface area contributed by atoms with Gasteiger partial charge in [-0.15, -0.1) is 24.0 Å². The van der Waals surface area contributed by atoms with Gasteiger partial charge in [-0.25, -0.2) is 0 Å². The Kier molecular flexibility index (Phi) is 5.26. The van der Waals surface area contributed by atoms with Gasteiger partial charge in [-0.05, 0) is 12.8 Å². The van der Waals surface area contributed by atoms with Gasteiger partial charge in [-0.2, -0.15) is 0 Å². The Hall–Kier alpha value is -0.0800. The van der Waals surface area contributed by atoms with Gasteiger partial charge in [-0.3, -0.25) is 4.99 Å². The quantitative estimate of drug-likeness (QED) is 0.432. The molecule has 0 aromatic rings. The van der Waals surface area contributed by atoms with Gasteiger partial charge in [0, 0.05) is 18.5 Å². The Labute approximate surface area is 113 Å². The molecule has 2 fully saturated rings. The van der Waals surface area contributed by atoms with Gasteiger partial charge in [0.25, 0.3) is 0 Å². The molecule has 1 aliphatic carbocycles. The first-order valence-electron chi connectivity index (χ1n) is 5.49. The zero-order chi connectivity index (χ0) is 10.7. The van der Waals surface area contributed by atoms with Crippen LogP contribution in [0.1, 0.15) is 12.8 Å². The number of aliphatic hydroxyl groups excluding tert-OH is 1. The van der Waals surface area contributed by atoms with Crippen molar-refractivity contribution in [2.75, 3.05) is 39.5 Å². The van der Waals surface area contributed by atoms with Crippen molar-refractivity contribution in [3.05, 3.63) is 0 Å². The number of aliphatic imine (C=N–C) groups is 1. The summed E-state index contributed by atoms with van der Waals surface area (Å²) in [4.78, 5) is 6.40. The van der Waals surface area contributed by atoms with Gasteiger partial charge in [0.2, 0.25) is 0 Å². The number of hydrogen-bond acceptors (Lipinski definition) is 3. The first-order chi connectivity index (χ1) is 7.26. The van der Waals surface area contributed by atoms with Crippen LogP contribution in [0, 0.1) is 5.41 Å². The Morgan fingerprint density at radius 1 is 1.38 bits per heavy atom. The van der Waals surface area contributed by atoms with Gasteiger partial charge in [0.05, 0.1) is 26.4 Å². The van der Waals surface area contributed by atoms with Crippen molar-refractivity contribution in [1.29, 1.82) is 0 Å². The summed E-state index contributed by atoms with van der Waals surface area (Å²) in [5.41, 5.74) is 5.93.